The number of β-lactam (4-membered cyclic amide) rings is 1. The molecule has 2 aliphatic heterocycles. The van der Waals surface area contributed by atoms with E-state index in [-0.39, 0.29) is 11.3 Å². The maximum Gasteiger partial charge on any atom is 0.331 e. The summed E-state index contributed by atoms with van der Waals surface area (Å²) in [5.74, 6) is -0.620. The molecule has 0 aromatic heterocycles. The number of fused-ring (bicyclic) bond motifs is 1. The molecule has 39 heavy (non-hydrogen) atoms. The fraction of sp³-hybridized carbons (Fsp3) is 0.323. The van der Waals surface area contributed by atoms with Gasteiger partial charge in [0.1, 0.15) is 23.2 Å². The maximum absolute atomic E-state index is 13.7. The lowest BCUT2D eigenvalue weighted by molar-refractivity contribution is -0.167. The fourth-order valence-corrected chi connectivity index (χ4v) is 6.66. The largest absolute Gasteiger partial charge is 0.478 e. The molecule has 3 aromatic carbocycles. The van der Waals surface area contributed by atoms with Gasteiger partial charge in [-0.3, -0.25) is 9.59 Å². The highest BCUT2D eigenvalue weighted by molar-refractivity contribution is 8.01. The van der Waals surface area contributed by atoms with Crippen molar-refractivity contribution in [2.24, 2.45) is 0 Å². The van der Waals surface area contributed by atoms with Crippen molar-refractivity contribution in [2.75, 3.05) is 0 Å². The molecule has 3 aromatic rings. The molecule has 2 fully saturated rings. The van der Waals surface area contributed by atoms with Gasteiger partial charge < -0.3 is 19.7 Å². The summed E-state index contributed by atoms with van der Waals surface area (Å²) in [4.78, 5) is 41.7. The molecule has 2 aliphatic rings. The molecule has 2 saturated heterocycles. The van der Waals surface area contributed by atoms with Crippen LogP contribution in [0.15, 0.2) is 91.0 Å². The lowest BCUT2D eigenvalue weighted by Gasteiger charge is -2.44. The third-order valence-corrected chi connectivity index (χ3v) is 8.62. The Morgan fingerprint density at radius 2 is 1.41 bits per heavy atom. The van der Waals surface area contributed by atoms with Gasteiger partial charge in [-0.2, -0.15) is 0 Å². The molecule has 3 unspecified atom stereocenters. The van der Waals surface area contributed by atoms with E-state index in [2.05, 4.69) is 5.32 Å². The van der Waals surface area contributed by atoms with Crippen LogP contribution < -0.4 is 10.1 Å². The lowest BCUT2D eigenvalue weighted by Crippen LogP contribution is -2.72. The van der Waals surface area contributed by atoms with Crippen LogP contribution in [0.2, 0.25) is 0 Å². The number of ether oxygens (including phenoxy) is 2. The number of hydrogen-bond acceptors (Lipinski definition) is 6. The minimum Gasteiger partial charge on any atom is -0.478 e. The average molecular weight is 545 g/mol. The topological polar surface area (TPSA) is 84.9 Å². The highest BCUT2D eigenvalue weighted by Crippen LogP contribution is 2.51. The number of nitrogens with one attached hydrogen (secondary N) is 1. The summed E-state index contributed by atoms with van der Waals surface area (Å²) in [6.45, 7) is 7.18. The number of benzene rings is 3. The Kier molecular flexibility index (Phi) is 7.16. The van der Waals surface area contributed by atoms with Crippen LogP contribution in [-0.2, 0) is 19.1 Å². The number of carbonyl (C=O) groups is 3. The summed E-state index contributed by atoms with van der Waals surface area (Å²) in [7, 11) is 0. The number of carbonyl (C=O) groups excluding carboxylic acids is 3. The highest BCUT2D eigenvalue weighted by atomic mass is 32.2. The van der Waals surface area contributed by atoms with Gasteiger partial charge in [-0.25, -0.2) is 4.79 Å². The molecular weight excluding hydrogens is 512 g/mol. The molecule has 0 spiro atoms. The first-order chi connectivity index (χ1) is 18.6. The number of thioether (sulfide) groups is 1. The third kappa shape index (κ3) is 5.26. The van der Waals surface area contributed by atoms with Gasteiger partial charge in [0.25, 0.3) is 5.91 Å². The van der Waals surface area contributed by atoms with Gasteiger partial charge >= 0.3 is 5.97 Å². The summed E-state index contributed by atoms with van der Waals surface area (Å²) in [6.07, 6.45) is -0.609. The summed E-state index contributed by atoms with van der Waals surface area (Å²) < 4.78 is 11.4. The van der Waals surface area contributed by atoms with Crippen LogP contribution >= 0.6 is 11.8 Å². The van der Waals surface area contributed by atoms with Crippen LogP contribution in [0.1, 0.15) is 44.9 Å². The highest BCUT2D eigenvalue weighted by Gasteiger charge is 2.65. The molecule has 0 saturated carbocycles. The van der Waals surface area contributed by atoms with E-state index in [1.54, 1.807) is 30.9 Å². The summed E-state index contributed by atoms with van der Waals surface area (Å²) >= 11 is 1.49. The number of para-hydroxylation sites is 1. The van der Waals surface area contributed by atoms with Crippen molar-refractivity contribution in [3.05, 3.63) is 102 Å². The van der Waals surface area contributed by atoms with E-state index in [9.17, 15) is 14.4 Å². The van der Waals surface area contributed by atoms with Gasteiger partial charge in [0, 0.05) is 4.75 Å². The molecule has 3 atom stereocenters. The predicted octanol–water partition coefficient (Wildman–Crippen LogP) is 4.72. The Morgan fingerprint density at radius 1 is 0.897 bits per heavy atom. The molecular formula is C31H32N2O5S. The molecule has 8 heteroatoms. The smallest absolute Gasteiger partial charge is 0.331 e. The zero-order valence-corrected chi connectivity index (χ0v) is 23.2. The monoisotopic (exact) mass is 544 g/mol. The van der Waals surface area contributed by atoms with Crippen molar-refractivity contribution in [1.82, 2.24) is 10.2 Å². The summed E-state index contributed by atoms with van der Waals surface area (Å²) in [5.41, 5.74) is 0.494. The number of hydrogen-bond donors (Lipinski definition) is 1. The number of nitrogens with zero attached hydrogens (tertiary/aromatic N) is 1. The van der Waals surface area contributed by atoms with Crippen LogP contribution in [0, 0.1) is 0 Å². The molecule has 0 aliphatic carbocycles. The van der Waals surface area contributed by atoms with Crippen molar-refractivity contribution >= 4 is 29.5 Å². The van der Waals surface area contributed by atoms with Crippen LogP contribution in [0.25, 0.3) is 0 Å². The van der Waals surface area contributed by atoms with E-state index in [0.29, 0.717) is 5.75 Å². The summed E-state index contributed by atoms with van der Waals surface area (Å²) in [5, 5.41) is 2.48. The first-order valence-corrected chi connectivity index (χ1v) is 13.8. The average Bonchev–Trinajstić information content (AvgIpc) is 3.19. The van der Waals surface area contributed by atoms with Crippen LogP contribution in [-0.4, -0.2) is 50.5 Å². The number of rotatable bonds is 8. The molecule has 2 heterocycles. The second-order valence-electron chi connectivity index (χ2n) is 10.8. The van der Waals surface area contributed by atoms with E-state index < -0.39 is 40.4 Å². The zero-order valence-electron chi connectivity index (χ0n) is 22.4. The van der Waals surface area contributed by atoms with Gasteiger partial charge in [0.15, 0.2) is 11.7 Å². The van der Waals surface area contributed by atoms with Gasteiger partial charge in [-0.1, -0.05) is 78.9 Å². The molecule has 7 nitrogen and oxygen atoms in total. The van der Waals surface area contributed by atoms with Gasteiger partial charge in [0.2, 0.25) is 5.91 Å². The molecule has 202 valence electrons. The second kappa shape index (κ2) is 10.4. The number of esters is 1. The standard InChI is InChI=1S/C31H32N2O5S/c1-30(2,38-22-18-12-7-13-19-22)29(36)32-23-26(34)33-25(31(3,4)39-27(23)33)28(35)37-24(20-14-8-5-9-15-20)21-16-10-6-11-17-21/h5-19,23-25,27H,1-4H3,(H,32,36). The molecule has 5 rings (SSSR count). The van der Waals surface area contributed by atoms with Crippen LogP contribution in [0.3, 0.4) is 0 Å². The zero-order chi connectivity index (χ0) is 27.8. The van der Waals surface area contributed by atoms with Crippen LogP contribution in [0.4, 0.5) is 0 Å². The minimum absolute atomic E-state index is 0.306. The van der Waals surface area contributed by atoms with E-state index in [4.69, 9.17) is 9.47 Å². The Hall–Kier alpha value is -3.78. The Balaban J connectivity index is 1.31. The minimum atomic E-state index is -1.20. The van der Waals surface area contributed by atoms with Crippen molar-refractivity contribution < 1.29 is 23.9 Å². The van der Waals surface area contributed by atoms with Crippen LogP contribution in [0.5, 0.6) is 5.75 Å². The van der Waals surface area contributed by atoms with Crippen molar-refractivity contribution in [1.29, 1.82) is 0 Å². The van der Waals surface area contributed by atoms with Crippen molar-refractivity contribution in [2.45, 2.75) is 61.6 Å². The molecule has 0 bridgehead atoms. The quantitative estimate of drug-likeness (QED) is 0.326. The van der Waals surface area contributed by atoms with E-state index >= 15 is 0 Å². The first kappa shape index (κ1) is 26.8. The molecule has 2 amide bonds. The Labute approximate surface area is 232 Å². The molecule has 1 N–H and O–H groups in total. The number of amides is 2. The van der Waals surface area contributed by atoms with Crippen molar-refractivity contribution in [3.63, 3.8) is 0 Å². The third-order valence-electron chi connectivity index (χ3n) is 7.05. The van der Waals surface area contributed by atoms with E-state index in [0.717, 1.165) is 11.1 Å². The maximum atomic E-state index is 13.7. The van der Waals surface area contributed by atoms with Gasteiger partial charge in [0.05, 0.1) is 0 Å². The second-order valence-corrected chi connectivity index (χ2v) is 12.5. The first-order valence-electron chi connectivity index (χ1n) is 12.9. The summed E-state index contributed by atoms with van der Waals surface area (Å²) in [6, 6.07) is 26.6. The normalized spacial score (nSPS) is 21.6. The van der Waals surface area contributed by atoms with E-state index in [1.807, 2.05) is 92.7 Å². The van der Waals surface area contributed by atoms with Crippen molar-refractivity contribution in [3.8, 4) is 5.75 Å². The van der Waals surface area contributed by atoms with Gasteiger partial charge in [-0.05, 0) is 51.0 Å². The molecule has 0 radical (unpaired) electrons. The van der Waals surface area contributed by atoms with E-state index in [1.165, 1.54) is 11.8 Å². The van der Waals surface area contributed by atoms with Gasteiger partial charge in [-0.15, -0.1) is 11.8 Å². The predicted molar refractivity (Wildman–Crippen MR) is 150 cm³/mol. The Bertz CT molecular complexity index is 1310. The fourth-order valence-electron chi connectivity index (χ4n) is 5.04. The lowest BCUT2D eigenvalue weighted by atomic mass is 9.95. The SMILES string of the molecule is CC(C)(Oc1ccccc1)C(=O)NC1C(=O)N2C1SC(C)(C)C2C(=O)OC(c1ccccc1)c1ccccc1. The Morgan fingerprint density at radius 3 is 1.95 bits per heavy atom.